The number of nitrogens with one attached hydrogen (secondary N) is 1. The van der Waals surface area contributed by atoms with Crippen LogP contribution in [0.25, 0.3) is 0 Å². The molecule has 0 fully saturated rings. The number of aromatic hydroxyl groups is 1. The van der Waals surface area contributed by atoms with E-state index in [1.807, 2.05) is 54.6 Å². The number of nitrogens with zero attached hydrogens (tertiary/aromatic N) is 2. The lowest BCUT2D eigenvalue weighted by molar-refractivity contribution is 0.359. The summed E-state index contributed by atoms with van der Waals surface area (Å²) in [4.78, 5) is 0. The normalized spacial score (nSPS) is 16.0. The summed E-state index contributed by atoms with van der Waals surface area (Å²) in [6.07, 6.45) is 0.643. The fourth-order valence-corrected chi connectivity index (χ4v) is 3.64. The van der Waals surface area contributed by atoms with Crippen molar-refractivity contribution in [3.05, 3.63) is 95.0 Å². The first kappa shape index (κ1) is 18.5. The molecule has 1 heterocycles. The van der Waals surface area contributed by atoms with Crippen molar-refractivity contribution in [2.24, 2.45) is 5.10 Å². The smallest absolute Gasteiger partial charge is 0.194 e. The first-order chi connectivity index (χ1) is 13.6. The second-order valence-electron chi connectivity index (χ2n) is 6.47. The highest BCUT2D eigenvalue weighted by Gasteiger charge is 2.32. The molecule has 0 bridgehead atoms. The lowest BCUT2D eigenvalue weighted by atomic mass is 9.98. The third-order valence-corrected chi connectivity index (χ3v) is 5.16. The number of anilines is 1. The zero-order chi connectivity index (χ0) is 19.5. The molecule has 4 rings (SSSR count). The maximum absolute atomic E-state index is 10.4. The van der Waals surface area contributed by atoms with Crippen LogP contribution in [0.2, 0.25) is 5.02 Å². The highest BCUT2D eigenvalue weighted by atomic mass is 35.5. The van der Waals surface area contributed by atoms with Gasteiger partial charge in [-0.3, -0.25) is 0 Å². The van der Waals surface area contributed by atoms with Crippen LogP contribution in [0.15, 0.2) is 84.0 Å². The van der Waals surface area contributed by atoms with Crippen LogP contribution < -0.4 is 5.32 Å². The molecule has 0 spiro atoms. The zero-order valence-corrected chi connectivity index (χ0v) is 16.5. The van der Waals surface area contributed by atoms with E-state index in [1.54, 1.807) is 29.3 Å². The van der Waals surface area contributed by atoms with Crippen molar-refractivity contribution < 1.29 is 5.11 Å². The molecule has 0 saturated heterocycles. The van der Waals surface area contributed by atoms with Crippen molar-refractivity contribution in [3.8, 4) is 5.75 Å². The number of rotatable bonds is 3. The minimum atomic E-state index is -0.191. The van der Waals surface area contributed by atoms with Crippen LogP contribution >= 0.6 is 23.8 Å². The van der Waals surface area contributed by atoms with Crippen LogP contribution in [-0.2, 0) is 0 Å². The van der Waals surface area contributed by atoms with Crippen LogP contribution in [0.4, 0.5) is 5.69 Å². The summed E-state index contributed by atoms with van der Waals surface area (Å²) >= 11 is 11.6. The largest absolute Gasteiger partial charge is 0.508 e. The van der Waals surface area contributed by atoms with Gasteiger partial charge in [0.1, 0.15) is 5.75 Å². The topological polar surface area (TPSA) is 47.9 Å². The van der Waals surface area contributed by atoms with Gasteiger partial charge in [-0.2, -0.15) is 5.10 Å². The molecule has 0 aliphatic carbocycles. The first-order valence-corrected chi connectivity index (χ1v) is 9.67. The number of phenolic OH excluding ortho intramolecular Hbond substituents is 1. The third-order valence-electron chi connectivity index (χ3n) is 4.62. The fraction of sp³-hybridized carbons (Fsp3) is 0.0909. The average molecular weight is 408 g/mol. The Morgan fingerprint density at radius 3 is 2.39 bits per heavy atom. The van der Waals surface area contributed by atoms with Crippen molar-refractivity contribution in [3.63, 3.8) is 0 Å². The predicted octanol–water partition coefficient (Wildman–Crippen LogP) is 5.59. The molecule has 140 valence electrons. The van der Waals surface area contributed by atoms with E-state index in [0.29, 0.717) is 16.6 Å². The molecule has 3 aromatic rings. The minimum Gasteiger partial charge on any atom is -0.508 e. The SMILES string of the molecule is Oc1ccccc1C1CC(c2ccccc2)=NN1C(=S)Nc1ccc(Cl)cc1. The van der Waals surface area contributed by atoms with Gasteiger partial charge in [-0.25, -0.2) is 5.01 Å². The number of halogens is 1. The van der Waals surface area contributed by atoms with Gasteiger partial charge in [-0.15, -0.1) is 0 Å². The van der Waals surface area contributed by atoms with E-state index in [1.165, 1.54) is 0 Å². The minimum absolute atomic E-state index is 0.191. The number of para-hydroxylation sites is 1. The van der Waals surface area contributed by atoms with Crippen LogP contribution in [0.3, 0.4) is 0 Å². The van der Waals surface area contributed by atoms with Crippen LogP contribution in [-0.4, -0.2) is 20.9 Å². The molecule has 2 N–H and O–H groups in total. The summed E-state index contributed by atoms with van der Waals surface area (Å²) in [6.45, 7) is 0. The van der Waals surface area contributed by atoms with Gasteiger partial charge in [0.2, 0.25) is 0 Å². The van der Waals surface area contributed by atoms with E-state index < -0.39 is 0 Å². The van der Waals surface area contributed by atoms with Gasteiger partial charge in [0.15, 0.2) is 5.11 Å². The van der Waals surface area contributed by atoms with Gasteiger partial charge in [0, 0.05) is 22.7 Å². The van der Waals surface area contributed by atoms with Crippen molar-refractivity contribution in [1.82, 2.24) is 5.01 Å². The third kappa shape index (κ3) is 3.86. The Balaban J connectivity index is 1.66. The van der Waals surface area contributed by atoms with Crippen molar-refractivity contribution in [2.45, 2.75) is 12.5 Å². The molecular formula is C22H18ClN3OS. The number of hydrogen-bond donors (Lipinski definition) is 2. The summed E-state index contributed by atoms with van der Waals surface area (Å²) < 4.78 is 0. The van der Waals surface area contributed by atoms with E-state index >= 15 is 0 Å². The van der Waals surface area contributed by atoms with Crippen LogP contribution in [0.5, 0.6) is 5.75 Å². The first-order valence-electron chi connectivity index (χ1n) is 8.88. The van der Waals surface area contributed by atoms with Gasteiger partial charge in [0.05, 0.1) is 11.8 Å². The lowest BCUT2D eigenvalue weighted by Gasteiger charge is -2.25. The molecule has 4 nitrogen and oxygen atoms in total. The number of hydrogen-bond acceptors (Lipinski definition) is 3. The molecule has 1 aliphatic heterocycles. The van der Waals surface area contributed by atoms with Crippen molar-refractivity contribution in [1.29, 1.82) is 0 Å². The molecule has 28 heavy (non-hydrogen) atoms. The van der Waals surface area contributed by atoms with Gasteiger partial charge >= 0.3 is 0 Å². The second kappa shape index (κ2) is 8.00. The Morgan fingerprint density at radius 1 is 1.00 bits per heavy atom. The molecule has 1 unspecified atom stereocenters. The number of thiocarbonyl (C=S) groups is 1. The molecule has 3 aromatic carbocycles. The Labute approximate surface area is 174 Å². The van der Waals surface area contributed by atoms with E-state index in [2.05, 4.69) is 5.32 Å². The van der Waals surface area contributed by atoms with E-state index in [9.17, 15) is 5.11 Å². The van der Waals surface area contributed by atoms with Crippen LogP contribution in [0, 0.1) is 0 Å². The molecule has 0 radical (unpaired) electrons. The number of hydrazone groups is 1. The highest BCUT2D eigenvalue weighted by molar-refractivity contribution is 7.80. The fourth-order valence-electron chi connectivity index (χ4n) is 3.23. The summed E-state index contributed by atoms with van der Waals surface area (Å²) in [5, 5.41) is 21.3. The quantitative estimate of drug-likeness (QED) is 0.555. The van der Waals surface area contributed by atoms with Gasteiger partial charge in [-0.05, 0) is 48.1 Å². The molecule has 6 heteroatoms. The highest BCUT2D eigenvalue weighted by Crippen LogP contribution is 2.37. The van der Waals surface area contributed by atoms with E-state index in [0.717, 1.165) is 22.5 Å². The van der Waals surface area contributed by atoms with Crippen LogP contribution in [0.1, 0.15) is 23.6 Å². The average Bonchev–Trinajstić information content (AvgIpc) is 3.16. The maximum atomic E-state index is 10.4. The zero-order valence-electron chi connectivity index (χ0n) is 14.9. The summed E-state index contributed by atoms with van der Waals surface area (Å²) in [5.74, 6) is 0.233. The standard InChI is InChI=1S/C22H18ClN3OS/c23-16-10-12-17(13-11-16)24-22(28)26-20(18-8-4-5-9-21(18)27)14-19(25-26)15-6-2-1-3-7-15/h1-13,20,27H,14H2,(H,24,28). The Morgan fingerprint density at radius 2 is 1.68 bits per heavy atom. The van der Waals surface area contributed by atoms with Gasteiger partial charge in [-0.1, -0.05) is 60.1 Å². The van der Waals surface area contributed by atoms with E-state index in [4.69, 9.17) is 28.9 Å². The molecular weight excluding hydrogens is 390 g/mol. The summed E-state index contributed by atoms with van der Waals surface area (Å²) in [6, 6.07) is 24.4. The molecule has 0 saturated carbocycles. The molecule has 1 atom stereocenters. The van der Waals surface area contributed by atoms with Gasteiger partial charge < -0.3 is 10.4 Å². The monoisotopic (exact) mass is 407 g/mol. The number of benzene rings is 3. The summed E-state index contributed by atoms with van der Waals surface area (Å²) in [7, 11) is 0. The summed E-state index contributed by atoms with van der Waals surface area (Å²) in [5.41, 5.74) is 3.58. The van der Waals surface area contributed by atoms with Crippen molar-refractivity contribution in [2.75, 3.05) is 5.32 Å². The Kier molecular flexibility index (Phi) is 5.28. The van der Waals surface area contributed by atoms with Gasteiger partial charge in [0.25, 0.3) is 0 Å². The van der Waals surface area contributed by atoms with E-state index in [-0.39, 0.29) is 11.8 Å². The Hall–Kier alpha value is -2.89. The Bertz CT molecular complexity index is 1020. The molecule has 0 aromatic heterocycles. The molecule has 0 amide bonds. The van der Waals surface area contributed by atoms with Crippen molar-refractivity contribution >= 4 is 40.3 Å². The lowest BCUT2D eigenvalue weighted by Crippen LogP contribution is -2.31. The number of phenols is 1. The second-order valence-corrected chi connectivity index (χ2v) is 7.30. The molecule has 1 aliphatic rings. The predicted molar refractivity (Wildman–Crippen MR) is 118 cm³/mol. The maximum Gasteiger partial charge on any atom is 0.194 e.